The van der Waals surface area contributed by atoms with Crippen molar-refractivity contribution >= 4 is 23.5 Å². The van der Waals surface area contributed by atoms with Crippen molar-refractivity contribution < 1.29 is 19.1 Å². The van der Waals surface area contributed by atoms with E-state index in [9.17, 15) is 14.4 Å². The van der Waals surface area contributed by atoms with Crippen molar-refractivity contribution in [2.24, 2.45) is 5.92 Å². The molecule has 7 heteroatoms. The lowest BCUT2D eigenvalue weighted by molar-refractivity contribution is -0.147. The maximum absolute atomic E-state index is 12.2. The van der Waals surface area contributed by atoms with E-state index in [1.165, 1.54) is 12.0 Å². The van der Waals surface area contributed by atoms with Crippen molar-refractivity contribution in [3.63, 3.8) is 0 Å². The predicted molar refractivity (Wildman–Crippen MR) is 94.3 cm³/mol. The van der Waals surface area contributed by atoms with Gasteiger partial charge in [0.25, 0.3) is 5.91 Å². The van der Waals surface area contributed by atoms with Gasteiger partial charge in [0.05, 0.1) is 19.6 Å². The van der Waals surface area contributed by atoms with Gasteiger partial charge in [-0.25, -0.2) is 0 Å². The number of benzene rings is 1. The van der Waals surface area contributed by atoms with Gasteiger partial charge in [-0.1, -0.05) is 0 Å². The van der Waals surface area contributed by atoms with Crippen molar-refractivity contribution in [2.45, 2.75) is 12.8 Å². The standard InChI is InChI=1S/C18H25N3O4/c1-20(2)17(23)13-4-6-15(7-5-13)19-16(22)12-21-10-8-14(9-11-21)18(24)25-3/h4-7,14H,8-12H2,1-3H3,(H,19,22). The molecule has 1 fully saturated rings. The highest BCUT2D eigenvalue weighted by Crippen LogP contribution is 2.18. The maximum atomic E-state index is 12.2. The van der Waals surface area contributed by atoms with Crippen LogP contribution in [0, 0.1) is 5.92 Å². The zero-order valence-electron chi connectivity index (χ0n) is 14.9. The molecule has 1 N–H and O–H groups in total. The highest BCUT2D eigenvalue weighted by Gasteiger charge is 2.26. The molecule has 0 saturated carbocycles. The summed E-state index contributed by atoms with van der Waals surface area (Å²) in [6, 6.07) is 6.83. The summed E-state index contributed by atoms with van der Waals surface area (Å²) < 4.78 is 4.76. The minimum atomic E-state index is -0.170. The summed E-state index contributed by atoms with van der Waals surface area (Å²) in [5.41, 5.74) is 1.23. The first kappa shape index (κ1) is 18.9. The Morgan fingerprint density at radius 3 is 2.28 bits per heavy atom. The van der Waals surface area contributed by atoms with Crippen LogP contribution in [0.15, 0.2) is 24.3 Å². The van der Waals surface area contributed by atoms with Gasteiger partial charge in [0.1, 0.15) is 0 Å². The fourth-order valence-corrected chi connectivity index (χ4v) is 2.85. The third-order valence-electron chi connectivity index (χ3n) is 4.31. The number of carbonyl (C=O) groups is 3. The van der Waals surface area contributed by atoms with Gasteiger partial charge < -0.3 is 15.0 Å². The molecule has 0 aliphatic carbocycles. The first-order valence-corrected chi connectivity index (χ1v) is 8.32. The molecular formula is C18H25N3O4. The van der Waals surface area contributed by atoms with Gasteiger partial charge in [-0.15, -0.1) is 0 Å². The summed E-state index contributed by atoms with van der Waals surface area (Å²) >= 11 is 0. The lowest BCUT2D eigenvalue weighted by Crippen LogP contribution is -2.41. The molecule has 1 aliphatic rings. The smallest absolute Gasteiger partial charge is 0.308 e. The molecule has 2 amide bonds. The van der Waals surface area contributed by atoms with E-state index in [1.54, 1.807) is 38.4 Å². The van der Waals surface area contributed by atoms with E-state index in [-0.39, 0.29) is 30.2 Å². The molecule has 0 radical (unpaired) electrons. The largest absolute Gasteiger partial charge is 0.469 e. The van der Waals surface area contributed by atoms with Crippen LogP contribution < -0.4 is 5.32 Å². The van der Waals surface area contributed by atoms with Crippen molar-refractivity contribution in [1.29, 1.82) is 0 Å². The number of carbonyl (C=O) groups excluding carboxylic acids is 3. The normalized spacial score (nSPS) is 15.5. The monoisotopic (exact) mass is 347 g/mol. The van der Waals surface area contributed by atoms with Crippen molar-refractivity contribution in [3.05, 3.63) is 29.8 Å². The summed E-state index contributed by atoms with van der Waals surface area (Å²) in [6.07, 6.45) is 1.42. The van der Waals surface area contributed by atoms with E-state index in [2.05, 4.69) is 5.32 Å². The number of nitrogens with zero attached hydrogens (tertiary/aromatic N) is 2. The number of esters is 1. The van der Waals surface area contributed by atoms with Gasteiger partial charge in [-0.3, -0.25) is 19.3 Å². The van der Waals surface area contributed by atoms with Gasteiger partial charge in [0, 0.05) is 25.3 Å². The molecule has 25 heavy (non-hydrogen) atoms. The molecule has 0 aromatic heterocycles. The number of piperidine rings is 1. The van der Waals surface area contributed by atoms with Crippen LogP contribution in [-0.2, 0) is 14.3 Å². The number of hydrogen-bond acceptors (Lipinski definition) is 5. The van der Waals surface area contributed by atoms with Gasteiger partial charge in [0.2, 0.25) is 5.91 Å². The van der Waals surface area contributed by atoms with Crippen molar-refractivity contribution in [1.82, 2.24) is 9.80 Å². The van der Waals surface area contributed by atoms with Crippen LogP contribution in [0.4, 0.5) is 5.69 Å². The highest BCUT2D eigenvalue weighted by atomic mass is 16.5. The summed E-state index contributed by atoms with van der Waals surface area (Å²) in [5.74, 6) is -0.419. The molecule has 0 spiro atoms. The van der Waals surface area contributed by atoms with Crippen LogP contribution in [0.1, 0.15) is 23.2 Å². The van der Waals surface area contributed by atoms with Crippen LogP contribution in [0.5, 0.6) is 0 Å². The van der Waals surface area contributed by atoms with Crippen LogP contribution in [0.3, 0.4) is 0 Å². The fourth-order valence-electron chi connectivity index (χ4n) is 2.85. The second-order valence-corrected chi connectivity index (χ2v) is 6.40. The number of rotatable bonds is 5. The van der Waals surface area contributed by atoms with Gasteiger partial charge in [-0.2, -0.15) is 0 Å². The fraction of sp³-hybridized carbons (Fsp3) is 0.500. The van der Waals surface area contributed by atoms with E-state index < -0.39 is 0 Å². The number of hydrogen-bond donors (Lipinski definition) is 1. The van der Waals surface area contributed by atoms with E-state index in [0.29, 0.717) is 37.2 Å². The Morgan fingerprint density at radius 2 is 1.76 bits per heavy atom. The van der Waals surface area contributed by atoms with Crippen LogP contribution in [0.2, 0.25) is 0 Å². The number of methoxy groups -OCH3 is 1. The van der Waals surface area contributed by atoms with Crippen LogP contribution >= 0.6 is 0 Å². The topological polar surface area (TPSA) is 79.0 Å². The summed E-state index contributed by atoms with van der Waals surface area (Å²) in [7, 11) is 4.79. The average molecular weight is 347 g/mol. The molecular weight excluding hydrogens is 322 g/mol. The number of amides is 2. The second kappa shape index (κ2) is 8.62. The van der Waals surface area contributed by atoms with Crippen LogP contribution in [-0.4, -0.2) is 68.4 Å². The average Bonchev–Trinajstić information content (AvgIpc) is 2.61. The molecule has 1 aliphatic heterocycles. The van der Waals surface area contributed by atoms with Gasteiger partial charge in [-0.05, 0) is 50.2 Å². The Balaban J connectivity index is 1.81. The Kier molecular flexibility index (Phi) is 6.52. The molecule has 0 bridgehead atoms. The molecule has 1 aromatic carbocycles. The first-order valence-electron chi connectivity index (χ1n) is 8.32. The molecule has 1 heterocycles. The third kappa shape index (κ3) is 5.29. The number of anilines is 1. The van der Waals surface area contributed by atoms with Crippen LogP contribution in [0.25, 0.3) is 0 Å². The Morgan fingerprint density at radius 1 is 1.16 bits per heavy atom. The zero-order valence-corrected chi connectivity index (χ0v) is 14.9. The lowest BCUT2D eigenvalue weighted by Gasteiger charge is -2.29. The summed E-state index contributed by atoms with van der Waals surface area (Å²) in [4.78, 5) is 39.0. The summed E-state index contributed by atoms with van der Waals surface area (Å²) in [6.45, 7) is 1.68. The lowest BCUT2D eigenvalue weighted by atomic mass is 9.97. The molecule has 136 valence electrons. The number of nitrogens with one attached hydrogen (secondary N) is 1. The molecule has 1 aromatic rings. The Hall–Kier alpha value is -2.41. The predicted octanol–water partition coefficient (Wildman–Crippen LogP) is 1.21. The molecule has 1 saturated heterocycles. The van der Waals surface area contributed by atoms with Gasteiger partial charge >= 0.3 is 5.97 Å². The molecule has 0 atom stereocenters. The minimum absolute atomic E-state index is 0.0638. The Bertz CT molecular complexity index is 620. The van der Waals surface area contributed by atoms with E-state index >= 15 is 0 Å². The number of likely N-dealkylation sites (tertiary alicyclic amines) is 1. The molecule has 0 unspecified atom stereocenters. The van der Waals surface area contributed by atoms with E-state index in [0.717, 1.165) is 0 Å². The van der Waals surface area contributed by atoms with E-state index in [4.69, 9.17) is 4.74 Å². The van der Waals surface area contributed by atoms with Gasteiger partial charge in [0.15, 0.2) is 0 Å². The van der Waals surface area contributed by atoms with Crippen molar-refractivity contribution in [3.8, 4) is 0 Å². The SMILES string of the molecule is COC(=O)C1CCN(CC(=O)Nc2ccc(C(=O)N(C)C)cc2)CC1. The minimum Gasteiger partial charge on any atom is -0.469 e. The molecule has 7 nitrogen and oxygen atoms in total. The quantitative estimate of drug-likeness (QED) is 0.810. The molecule has 2 rings (SSSR count). The highest BCUT2D eigenvalue weighted by molar-refractivity contribution is 5.96. The van der Waals surface area contributed by atoms with Crippen molar-refractivity contribution in [2.75, 3.05) is 46.2 Å². The second-order valence-electron chi connectivity index (χ2n) is 6.40. The van der Waals surface area contributed by atoms with E-state index in [1.807, 2.05) is 4.90 Å². The number of ether oxygens (including phenoxy) is 1. The Labute approximate surface area is 147 Å². The zero-order chi connectivity index (χ0) is 18.4. The summed E-state index contributed by atoms with van der Waals surface area (Å²) in [5, 5.41) is 2.83. The maximum Gasteiger partial charge on any atom is 0.308 e. The first-order chi connectivity index (χ1) is 11.9. The third-order valence-corrected chi connectivity index (χ3v) is 4.31.